The molecule has 0 N–H and O–H groups in total. The Kier molecular flexibility index (Phi) is 4.77. The number of likely N-dealkylation sites (tertiary alicyclic amines) is 1. The number of piperidine rings is 1. The zero-order chi connectivity index (χ0) is 14.5. The van der Waals surface area contributed by atoms with E-state index in [1.807, 2.05) is 11.0 Å². The summed E-state index contributed by atoms with van der Waals surface area (Å²) in [6, 6.07) is 1.96. The lowest BCUT2D eigenvalue weighted by atomic mass is 9.94. The molecule has 0 aromatic carbocycles. The molecule has 0 aliphatic carbocycles. The fourth-order valence-corrected chi connectivity index (χ4v) is 3.04. The number of hydrogen-bond donors (Lipinski definition) is 0. The van der Waals surface area contributed by atoms with Crippen LogP contribution in [0.2, 0.25) is 0 Å². The molecule has 3 rings (SSSR count). The van der Waals surface area contributed by atoms with Gasteiger partial charge in [0.15, 0.2) is 0 Å². The maximum atomic E-state index is 12.5. The van der Waals surface area contributed by atoms with Gasteiger partial charge in [-0.05, 0) is 18.9 Å². The van der Waals surface area contributed by atoms with E-state index in [1.54, 1.807) is 12.5 Å². The normalized spacial score (nSPS) is 24.0. The third-order valence-electron chi connectivity index (χ3n) is 4.26. The lowest BCUT2D eigenvalue weighted by Crippen LogP contribution is -2.47. The van der Waals surface area contributed by atoms with Crippen molar-refractivity contribution in [3.8, 4) is 0 Å². The number of morpholine rings is 1. The molecular formula is C15H22N4O2. The van der Waals surface area contributed by atoms with Crippen molar-refractivity contribution in [3.05, 3.63) is 24.3 Å². The average Bonchev–Trinajstić information content (AvgIpc) is 2.57. The molecule has 2 fully saturated rings. The van der Waals surface area contributed by atoms with E-state index in [0.29, 0.717) is 12.5 Å². The number of rotatable bonds is 3. The zero-order valence-corrected chi connectivity index (χ0v) is 12.3. The van der Waals surface area contributed by atoms with Crippen molar-refractivity contribution >= 4 is 5.91 Å². The summed E-state index contributed by atoms with van der Waals surface area (Å²) in [5.41, 5.74) is 1.05. The maximum absolute atomic E-state index is 12.5. The van der Waals surface area contributed by atoms with Gasteiger partial charge in [0.2, 0.25) is 5.91 Å². The highest BCUT2D eigenvalue weighted by atomic mass is 16.5. The lowest BCUT2D eigenvalue weighted by molar-refractivity contribution is -0.134. The number of ether oxygens (including phenoxy) is 1. The van der Waals surface area contributed by atoms with E-state index >= 15 is 0 Å². The minimum atomic E-state index is 0.232. The quantitative estimate of drug-likeness (QED) is 0.812. The van der Waals surface area contributed by atoms with Gasteiger partial charge in [0, 0.05) is 44.0 Å². The molecule has 0 spiro atoms. The van der Waals surface area contributed by atoms with E-state index in [2.05, 4.69) is 14.9 Å². The number of nitrogens with zero attached hydrogens (tertiary/aromatic N) is 4. The first-order chi connectivity index (χ1) is 10.3. The van der Waals surface area contributed by atoms with Crippen LogP contribution in [0.3, 0.4) is 0 Å². The van der Waals surface area contributed by atoms with E-state index in [4.69, 9.17) is 4.74 Å². The SMILES string of the molecule is O=C(CN1CCOCC1)N1CCCC(c2ccncn2)C1. The summed E-state index contributed by atoms with van der Waals surface area (Å²) < 4.78 is 5.32. The van der Waals surface area contributed by atoms with Gasteiger partial charge >= 0.3 is 0 Å². The van der Waals surface area contributed by atoms with E-state index in [-0.39, 0.29) is 5.91 Å². The molecule has 21 heavy (non-hydrogen) atoms. The highest BCUT2D eigenvalue weighted by Gasteiger charge is 2.26. The second-order valence-electron chi connectivity index (χ2n) is 5.70. The van der Waals surface area contributed by atoms with Gasteiger partial charge in [-0.1, -0.05) is 0 Å². The smallest absolute Gasteiger partial charge is 0.236 e. The Morgan fingerprint density at radius 2 is 2.19 bits per heavy atom. The van der Waals surface area contributed by atoms with E-state index in [0.717, 1.165) is 57.9 Å². The Bertz CT molecular complexity index is 462. The first-order valence-electron chi connectivity index (χ1n) is 7.67. The third kappa shape index (κ3) is 3.77. The van der Waals surface area contributed by atoms with Crippen molar-refractivity contribution in [1.29, 1.82) is 0 Å². The molecule has 0 bridgehead atoms. The molecule has 0 radical (unpaired) electrons. The van der Waals surface area contributed by atoms with Crippen LogP contribution in [0.15, 0.2) is 18.6 Å². The largest absolute Gasteiger partial charge is 0.379 e. The third-order valence-corrected chi connectivity index (χ3v) is 4.26. The fourth-order valence-electron chi connectivity index (χ4n) is 3.04. The van der Waals surface area contributed by atoms with Gasteiger partial charge in [-0.15, -0.1) is 0 Å². The molecular weight excluding hydrogens is 268 g/mol. The van der Waals surface area contributed by atoms with Crippen LogP contribution in [0.4, 0.5) is 0 Å². The molecule has 6 heteroatoms. The van der Waals surface area contributed by atoms with Crippen molar-refractivity contribution in [2.45, 2.75) is 18.8 Å². The van der Waals surface area contributed by atoms with Crippen LogP contribution >= 0.6 is 0 Å². The molecule has 3 heterocycles. The number of carbonyl (C=O) groups excluding carboxylic acids is 1. The maximum Gasteiger partial charge on any atom is 0.236 e. The number of hydrogen-bond acceptors (Lipinski definition) is 5. The van der Waals surface area contributed by atoms with Gasteiger partial charge in [-0.3, -0.25) is 9.69 Å². The Balaban J connectivity index is 1.56. The number of carbonyl (C=O) groups is 1. The summed E-state index contributed by atoms with van der Waals surface area (Å²) in [5.74, 6) is 0.575. The van der Waals surface area contributed by atoms with Gasteiger partial charge in [-0.25, -0.2) is 9.97 Å². The van der Waals surface area contributed by atoms with Crippen LogP contribution in [-0.4, -0.2) is 71.6 Å². The minimum Gasteiger partial charge on any atom is -0.379 e. The molecule has 1 aromatic heterocycles. The second-order valence-corrected chi connectivity index (χ2v) is 5.70. The monoisotopic (exact) mass is 290 g/mol. The van der Waals surface area contributed by atoms with E-state index in [1.165, 1.54) is 0 Å². The second kappa shape index (κ2) is 6.95. The molecule has 2 aliphatic rings. The molecule has 2 saturated heterocycles. The van der Waals surface area contributed by atoms with Gasteiger partial charge in [0.05, 0.1) is 19.8 Å². The van der Waals surface area contributed by atoms with Gasteiger partial charge < -0.3 is 9.64 Å². The van der Waals surface area contributed by atoms with Crippen LogP contribution in [0.25, 0.3) is 0 Å². The summed E-state index contributed by atoms with van der Waals surface area (Å²) >= 11 is 0. The van der Waals surface area contributed by atoms with Crippen molar-refractivity contribution in [2.75, 3.05) is 45.9 Å². The van der Waals surface area contributed by atoms with Crippen molar-refractivity contribution in [2.24, 2.45) is 0 Å². The van der Waals surface area contributed by atoms with Crippen molar-refractivity contribution in [3.63, 3.8) is 0 Å². The first-order valence-corrected chi connectivity index (χ1v) is 7.67. The van der Waals surface area contributed by atoms with Crippen LogP contribution in [0, 0.1) is 0 Å². The molecule has 1 unspecified atom stereocenters. The number of aromatic nitrogens is 2. The van der Waals surface area contributed by atoms with Crippen LogP contribution in [0.1, 0.15) is 24.5 Å². The number of amides is 1. The predicted molar refractivity (Wildman–Crippen MR) is 77.8 cm³/mol. The Labute approximate surface area is 125 Å². The van der Waals surface area contributed by atoms with Gasteiger partial charge in [0.1, 0.15) is 6.33 Å². The molecule has 114 valence electrons. The van der Waals surface area contributed by atoms with Crippen molar-refractivity contribution < 1.29 is 9.53 Å². The molecule has 1 aromatic rings. The van der Waals surface area contributed by atoms with Crippen LogP contribution in [0.5, 0.6) is 0 Å². The first kappa shape index (κ1) is 14.4. The minimum absolute atomic E-state index is 0.232. The molecule has 2 aliphatic heterocycles. The van der Waals surface area contributed by atoms with E-state index in [9.17, 15) is 4.79 Å². The van der Waals surface area contributed by atoms with Crippen LogP contribution < -0.4 is 0 Å². The molecule has 1 atom stereocenters. The Morgan fingerprint density at radius 3 is 2.95 bits per heavy atom. The molecule has 6 nitrogen and oxygen atoms in total. The summed E-state index contributed by atoms with van der Waals surface area (Å²) in [4.78, 5) is 24.9. The highest BCUT2D eigenvalue weighted by Crippen LogP contribution is 2.25. The lowest BCUT2D eigenvalue weighted by Gasteiger charge is -2.34. The Hall–Kier alpha value is -1.53. The summed E-state index contributed by atoms with van der Waals surface area (Å²) in [6.07, 6.45) is 5.50. The molecule has 0 saturated carbocycles. The van der Waals surface area contributed by atoms with Gasteiger partial charge in [-0.2, -0.15) is 0 Å². The molecule has 1 amide bonds. The van der Waals surface area contributed by atoms with Crippen LogP contribution in [-0.2, 0) is 9.53 Å². The predicted octanol–water partition coefficient (Wildman–Crippen LogP) is 0.515. The standard InChI is InChI=1S/C15H22N4O2/c20-15(11-18-6-8-21-9-7-18)19-5-1-2-13(10-19)14-3-4-16-12-17-14/h3-4,12-13H,1-2,5-11H2. The van der Waals surface area contributed by atoms with Crippen molar-refractivity contribution in [1.82, 2.24) is 19.8 Å². The van der Waals surface area contributed by atoms with E-state index < -0.39 is 0 Å². The average molecular weight is 290 g/mol. The summed E-state index contributed by atoms with van der Waals surface area (Å²) in [5, 5.41) is 0. The summed E-state index contributed by atoms with van der Waals surface area (Å²) in [7, 11) is 0. The Morgan fingerprint density at radius 1 is 1.33 bits per heavy atom. The fraction of sp³-hybridized carbons (Fsp3) is 0.667. The van der Waals surface area contributed by atoms with Gasteiger partial charge in [0.25, 0.3) is 0 Å². The summed E-state index contributed by atoms with van der Waals surface area (Å²) in [6.45, 7) is 5.34. The topological polar surface area (TPSA) is 58.6 Å². The highest BCUT2D eigenvalue weighted by molar-refractivity contribution is 5.78. The zero-order valence-electron chi connectivity index (χ0n) is 12.3.